The van der Waals surface area contributed by atoms with Gasteiger partial charge in [-0.05, 0) is 44.0 Å². The van der Waals surface area contributed by atoms with E-state index in [0.717, 1.165) is 24.9 Å². The third kappa shape index (κ3) is 3.12. The Balaban J connectivity index is 1.97. The minimum absolute atomic E-state index is 0.0364. The molecule has 1 heterocycles. The summed E-state index contributed by atoms with van der Waals surface area (Å²) in [5.74, 6) is -0.997. The second-order valence-corrected chi connectivity index (χ2v) is 5.05. The van der Waals surface area contributed by atoms with Crippen molar-refractivity contribution in [2.24, 2.45) is 0 Å². The van der Waals surface area contributed by atoms with Crippen molar-refractivity contribution in [3.05, 3.63) is 35.4 Å². The number of carbonyl (C=O) groups excluding carboxylic acids is 1. The van der Waals surface area contributed by atoms with E-state index in [-0.39, 0.29) is 11.5 Å². The predicted molar refractivity (Wildman–Crippen MR) is 70.9 cm³/mol. The molecule has 1 aromatic rings. The first kappa shape index (κ1) is 13.5. The first-order chi connectivity index (χ1) is 9.01. The lowest BCUT2D eigenvalue weighted by atomic mass is 9.99. The Labute approximate surface area is 112 Å². The number of nitrogens with one attached hydrogen (secondary N) is 2. The van der Waals surface area contributed by atoms with Crippen molar-refractivity contribution in [1.82, 2.24) is 10.6 Å². The average molecular weight is 262 g/mol. The molecule has 1 unspecified atom stereocenters. The summed E-state index contributed by atoms with van der Waals surface area (Å²) in [5, 5.41) is 14.9. The fraction of sp³-hybridized carbons (Fsp3) is 0.429. The zero-order valence-electron chi connectivity index (χ0n) is 10.9. The van der Waals surface area contributed by atoms with Gasteiger partial charge in [-0.15, -0.1) is 0 Å². The fourth-order valence-corrected chi connectivity index (χ4v) is 2.28. The maximum Gasteiger partial charge on any atom is 0.335 e. The van der Waals surface area contributed by atoms with Crippen LogP contribution in [0.5, 0.6) is 0 Å². The van der Waals surface area contributed by atoms with Crippen molar-refractivity contribution in [2.45, 2.75) is 31.8 Å². The zero-order valence-corrected chi connectivity index (χ0v) is 10.9. The lowest BCUT2D eigenvalue weighted by Crippen LogP contribution is -2.50. The standard InChI is InChI=1S/C14H18N2O3/c1-14(6-3-7-16-14)13(19)15-9-10-4-2-5-11(8-10)12(17)18/h2,4-5,8,16H,3,6-7,9H2,1H3,(H,15,19)(H,17,18). The van der Waals surface area contributed by atoms with Gasteiger partial charge in [0.2, 0.25) is 5.91 Å². The molecule has 5 nitrogen and oxygen atoms in total. The normalized spacial score (nSPS) is 22.2. The molecule has 3 N–H and O–H groups in total. The monoisotopic (exact) mass is 262 g/mol. The van der Waals surface area contributed by atoms with Crippen molar-refractivity contribution in [2.75, 3.05) is 6.54 Å². The van der Waals surface area contributed by atoms with E-state index in [1.165, 1.54) is 6.07 Å². The largest absolute Gasteiger partial charge is 0.478 e. The molecule has 0 radical (unpaired) electrons. The molecule has 0 spiro atoms. The van der Waals surface area contributed by atoms with E-state index in [2.05, 4.69) is 10.6 Å². The highest BCUT2D eigenvalue weighted by Crippen LogP contribution is 2.18. The molecule has 1 aliphatic heterocycles. The maximum absolute atomic E-state index is 12.1. The minimum Gasteiger partial charge on any atom is -0.478 e. The van der Waals surface area contributed by atoms with Crippen LogP contribution in [0.1, 0.15) is 35.7 Å². The molecule has 0 bridgehead atoms. The smallest absolute Gasteiger partial charge is 0.335 e. The van der Waals surface area contributed by atoms with Gasteiger partial charge >= 0.3 is 5.97 Å². The van der Waals surface area contributed by atoms with Crippen LogP contribution in [-0.4, -0.2) is 29.1 Å². The predicted octanol–water partition coefficient (Wildman–Crippen LogP) is 1.14. The number of aromatic carboxylic acids is 1. The third-order valence-electron chi connectivity index (χ3n) is 3.50. The molecule has 1 aromatic carbocycles. The minimum atomic E-state index is -0.961. The lowest BCUT2D eigenvalue weighted by Gasteiger charge is -2.23. The number of carboxylic acid groups (broad SMARTS) is 1. The molecular weight excluding hydrogens is 244 g/mol. The highest BCUT2D eigenvalue weighted by atomic mass is 16.4. The van der Waals surface area contributed by atoms with Gasteiger partial charge in [0, 0.05) is 6.54 Å². The summed E-state index contributed by atoms with van der Waals surface area (Å²) in [5.41, 5.74) is 0.525. The Morgan fingerprint density at radius 2 is 2.26 bits per heavy atom. The van der Waals surface area contributed by atoms with Crippen molar-refractivity contribution in [3.63, 3.8) is 0 Å². The zero-order chi connectivity index (χ0) is 13.9. The molecule has 102 valence electrons. The van der Waals surface area contributed by atoms with Crippen molar-refractivity contribution in [1.29, 1.82) is 0 Å². The summed E-state index contributed by atoms with van der Waals surface area (Å²) >= 11 is 0. The Hall–Kier alpha value is -1.88. The highest BCUT2D eigenvalue weighted by molar-refractivity contribution is 5.88. The summed E-state index contributed by atoms with van der Waals surface area (Å²) in [4.78, 5) is 22.9. The Bertz CT molecular complexity index is 493. The molecule has 5 heteroatoms. The molecule has 1 saturated heterocycles. The number of carbonyl (C=O) groups is 2. The highest BCUT2D eigenvalue weighted by Gasteiger charge is 2.35. The van der Waals surface area contributed by atoms with E-state index in [1.807, 2.05) is 6.92 Å². The van der Waals surface area contributed by atoms with Crippen molar-refractivity contribution in [3.8, 4) is 0 Å². The van der Waals surface area contributed by atoms with E-state index < -0.39 is 11.5 Å². The van der Waals surface area contributed by atoms with Crippen LogP contribution >= 0.6 is 0 Å². The van der Waals surface area contributed by atoms with Crippen molar-refractivity contribution >= 4 is 11.9 Å². The van der Waals surface area contributed by atoms with Gasteiger partial charge in [0.05, 0.1) is 11.1 Å². The molecule has 1 fully saturated rings. The number of rotatable bonds is 4. The van der Waals surface area contributed by atoms with Gasteiger partial charge in [-0.1, -0.05) is 12.1 Å². The summed E-state index contributed by atoms with van der Waals surface area (Å²) in [6.07, 6.45) is 1.83. The van der Waals surface area contributed by atoms with Crippen LogP contribution in [0.15, 0.2) is 24.3 Å². The van der Waals surface area contributed by atoms with Crippen LogP contribution in [0, 0.1) is 0 Å². The van der Waals surface area contributed by atoms with Crippen LogP contribution in [-0.2, 0) is 11.3 Å². The van der Waals surface area contributed by atoms with Gasteiger partial charge in [0.1, 0.15) is 0 Å². The Morgan fingerprint density at radius 3 is 2.89 bits per heavy atom. The number of carboxylic acids is 1. The Kier molecular flexibility index (Phi) is 3.85. The second-order valence-electron chi connectivity index (χ2n) is 5.05. The third-order valence-corrected chi connectivity index (χ3v) is 3.50. The van der Waals surface area contributed by atoms with Crippen LogP contribution in [0.4, 0.5) is 0 Å². The second kappa shape index (κ2) is 5.40. The van der Waals surface area contributed by atoms with Crippen LogP contribution in [0.2, 0.25) is 0 Å². The Morgan fingerprint density at radius 1 is 1.47 bits per heavy atom. The van der Waals surface area contributed by atoms with Gasteiger partial charge in [-0.25, -0.2) is 4.79 Å². The van der Waals surface area contributed by atoms with Gasteiger partial charge in [0.25, 0.3) is 0 Å². The van der Waals surface area contributed by atoms with Crippen LogP contribution in [0.25, 0.3) is 0 Å². The molecule has 19 heavy (non-hydrogen) atoms. The van der Waals surface area contributed by atoms with Crippen molar-refractivity contribution < 1.29 is 14.7 Å². The summed E-state index contributed by atoms with van der Waals surface area (Å²) in [6, 6.07) is 6.60. The van der Waals surface area contributed by atoms with Crippen LogP contribution in [0.3, 0.4) is 0 Å². The van der Waals surface area contributed by atoms with Gasteiger partial charge in [-0.2, -0.15) is 0 Å². The van der Waals surface area contributed by atoms with E-state index >= 15 is 0 Å². The maximum atomic E-state index is 12.1. The van der Waals surface area contributed by atoms with E-state index in [4.69, 9.17) is 5.11 Å². The molecule has 2 rings (SSSR count). The molecule has 1 amide bonds. The summed E-state index contributed by atoms with van der Waals surface area (Å²) in [6.45, 7) is 3.10. The van der Waals surface area contributed by atoms with Gasteiger partial charge < -0.3 is 15.7 Å². The van der Waals surface area contributed by atoms with Gasteiger partial charge in [-0.3, -0.25) is 4.79 Å². The van der Waals surface area contributed by atoms with Crippen LogP contribution < -0.4 is 10.6 Å². The lowest BCUT2D eigenvalue weighted by molar-refractivity contribution is -0.126. The number of hydrogen-bond acceptors (Lipinski definition) is 3. The molecule has 0 aliphatic carbocycles. The van der Waals surface area contributed by atoms with E-state index in [9.17, 15) is 9.59 Å². The van der Waals surface area contributed by atoms with E-state index in [0.29, 0.717) is 6.54 Å². The number of hydrogen-bond donors (Lipinski definition) is 3. The number of amides is 1. The quantitative estimate of drug-likeness (QED) is 0.760. The average Bonchev–Trinajstić information content (AvgIpc) is 2.84. The van der Waals surface area contributed by atoms with Gasteiger partial charge in [0.15, 0.2) is 0 Å². The topological polar surface area (TPSA) is 78.4 Å². The first-order valence-electron chi connectivity index (χ1n) is 6.37. The first-order valence-corrected chi connectivity index (χ1v) is 6.37. The molecular formula is C14H18N2O3. The SMILES string of the molecule is CC1(C(=O)NCc2cccc(C(=O)O)c2)CCCN1. The molecule has 0 aromatic heterocycles. The molecule has 1 aliphatic rings. The molecule has 1 atom stereocenters. The molecule has 0 saturated carbocycles. The van der Waals surface area contributed by atoms with E-state index in [1.54, 1.807) is 18.2 Å². The fourth-order valence-electron chi connectivity index (χ4n) is 2.28. The number of benzene rings is 1. The summed E-state index contributed by atoms with van der Waals surface area (Å²) < 4.78 is 0. The summed E-state index contributed by atoms with van der Waals surface area (Å²) in [7, 11) is 0.